The molecule has 4 heterocycles. The standard InChI is InChI=1S/C38H30N4O2.Pt/c1-23-18-24(2)42(40-23)34-22-27(20-31-30-11-7-9-13-35(30)44-37(31)34)43-26-14-15-29-28-10-6-8-12-32(28)41(33(29)21-26)36-19-25(16-17-39-36)38(3,4)5;/h6-20H,1-5H3;/q-2;+2. The van der Waals surface area contributed by atoms with Gasteiger partial charge in [0.05, 0.1) is 5.69 Å². The van der Waals surface area contributed by atoms with Crippen LogP contribution in [-0.4, -0.2) is 19.3 Å². The van der Waals surface area contributed by atoms with E-state index < -0.39 is 0 Å². The van der Waals surface area contributed by atoms with Crippen LogP contribution >= 0.6 is 0 Å². The van der Waals surface area contributed by atoms with Crippen LogP contribution in [0.2, 0.25) is 0 Å². The summed E-state index contributed by atoms with van der Waals surface area (Å²) in [4.78, 5) is 4.80. The van der Waals surface area contributed by atoms with Crippen LogP contribution in [0.4, 0.5) is 0 Å². The van der Waals surface area contributed by atoms with Crippen LogP contribution in [0.5, 0.6) is 11.5 Å². The molecule has 0 amide bonds. The Morgan fingerprint density at radius 3 is 2.33 bits per heavy atom. The quantitative estimate of drug-likeness (QED) is 0.168. The average molecular weight is 770 g/mol. The second-order valence-electron chi connectivity index (χ2n) is 12.4. The van der Waals surface area contributed by atoms with Crippen molar-refractivity contribution in [3.63, 3.8) is 0 Å². The maximum atomic E-state index is 6.56. The summed E-state index contributed by atoms with van der Waals surface area (Å²) in [7, 11) is 0. The van der Waals surface area contributed by atoms with E-state index in [0.717, 1.165) is 55.4 Å². The molecule has 0 aliphatic rings. The molecule has 0 unspecified atom stereocenters. The molecule has 8 aromatic rings. The van der Waals surface area contributed by atoms with Gasteiger partial charge in [0.15, 0.2) is 0 Å². The van der Waals surface area contributed by atoms with E-state index in [4.69, 9.17) is 19.2 Å². The van der Waals surface area contributed by atoms with Crippen molar-refractivity contribution in [2.24, 2.45) is 0 Å². The van der Waals surface area contributed by atoms with Gasteiger partial charge in [0.2, 0.25) is 0 Å². The molecule has 0 fully saturated rings. The fourth-order valence-corrected chi connectivity index (χ4v) is 6.08. The van der Waals surface area contributed by atoms with Crippen LogP contribution < -0.4 is 4.74 Å². The second kappa shape index (κ2) is 10.7. The van der Waals surface area contributed by atoms with Gasteiger partial charge in [-0.1, -0.05) is 68.1 Å². The van der Waals surface area contributed by atoms with Crippen molar-refractivity contribution in [1.29, 1.82) is 0 Å². The topological polar surface area (TPSA) is 58.0 Å². The zero-order valence-corrected chi connectivity index (χ0v) is 27.9. The first-order valence-electron chi connectivity index (χ1n) is 14.8. The molecule has 7 heteroatoms. The first-order valence-corrected chi connectivity index (χ1v) is 14.8. The molecule has 0 aliphatic heterocycles. The number of benzene rings is 4. The van der Waals surface area contributed by atoms with E-state index >= 15 is 0 Å². The van der Waals surface area contributed by atoms with Crippen molar-refractivity contribution < 1.29 is 30.2 Å². The number of aryl methyl sites for hydroxylation is 2. The van der Waals surface area contributed by atoms with Crippen molar-refractivity contribution in [2.45, 2.75) is 40.0 Å². The van der Waals surface area contributed by atoms with E-state index in [1.165, 1.54) is 5.56 Å². The third kappa shape index (κ3) is 4.85. The van der Waals surface area contributed by atoms with Crippen LogP contribution in [0.25, 0.3) is 55.2 Å². The molecule has 0 N–H and O–H groups in total. The van der Waals surface area contributed by atoms with Crippen LogP contribution in [0, 0.1) is 26.0 Å². The molecule has 0 atom stereocenters. The molecule has 0 spiro atoms. The molecule has 0 radical (unpaired) electrons. The minimum atomic E-state index is -0.0106. The SMILES string of the molecule is Cc1cc(C)n(-c2[c-]c(Oc3[c-]c4c(cc3)c3ccccc3n4-c3cc(C(C)(C)C)ccn3)cc3c2oc2ccccc23)n1.[Pt+2]. The first kappa shape index (κ1) is 29.1. The Kier molecular flexibility index (Phi) is 6.94. The van der Waals surface area contributed by atoms with E-state index in [1.54, 1.807) is 0 Å². The van der Waals surface area contributed by atoms with E-state index in [1.807, 2.05) is 61.1 Å². The normalized spacial score (nSPS) is 11.9. The molecule has 0 saturated heterocycles. The maximum Gasteiger partial charge on any atom is 2.00 e. The largest absolute Gasteiger partial charge is 2.00 e. The third-order valence-corrected chi connectivity index (χ3v) is 8.20. The molecule has 0 saturated carbocycles. The van der Waals surface area contributed by atoms with Gasteiger partial charge in [-0.25, -0.2) is 4.98 Å². The van der Waals surface area contributed by atoms with Crippen molar-refractivity contribution in [3.8, 4) is 23.0 Å². The number of ether oxygens (including phenoxy) is 1. The zero-order chi connectivity index (χ0) is 30.2. The van der Waals surface area contributed by atoms with Gasteiger partial charge in [0.1, 0.15) is 11.4 Å². The van der Waals surface area contributed by atoms with E-state index in [0.29, 0.717) is 22.8 Å². The number of para-hydroxylation sites is 2. The van der Waals surface area contributed by atoms with E-state index in [9.17, 15) is 0 Å². The zero-order valence-electron chi connectivity index (χ0n) is 25.6. The molecular weight excluding hydrogens is 740 g/mol. The molecule has 8 rings (SSSR count). The van der Waals surface area contributed by atoms with Gasteiger partial charge in [-0.15, -0.1) is 29.7 Å². The van der Waals surface area contributed by atoms with E-state index in [2.05, 4.69) is 86.0 Å². The summed E-state index contributed by atoms with van der Waals surface area (Å²) in [5.74, 6) is 1.98. The number of nitrogens with zero attached hydrogens (tertiary/aromatic N) is 4. The number of pyridine rings is 1. The van der Waals surface area contributed by atoms with Gasteiger partial charge in [-0.3, -0.25) is 4.68 Å². The molecular formula is C38H30N4O2Pt. The van der Waals surface area contributed by atoms with Gasteiger partial charge in [-0.05, 0) is 66.2 Å². The van der Waals surface area contributed by atoms with E-state index in [-0.39, 0.29) is 26.5 Å². The molecule has 45 heavy (non-hydrogen) atoms. The Hall–Kier alpha value is -4.67. The van der Waals surface area contributed by atoms with Gasteiger partial charge in [0.25, 0.3) is 0 Å². The Morgan fingerprint density at radius 1 is 0.778 bits per heavy atom. The number of hydrogen-bond acceptors (Lipinski definition) is 4. The van der Waals surface area contributed by atoms with Crippen LogP contribution in [0.3, 0.4) is 0 Å². The summed E-state index contributed by atoms with van der Waals surface area (Å²) < 4.78 is 16.9. The van der Waals surface area contributed by atoms with Gasteiger partial charge in [-0.2, -0.15) is 11.2 Å². The summed E-state index contributed by atoms with van der Waals surface area (Å²) in [6.07, 6.45) is 1.89. The number of hydrogen-bond donors (Lipinski definition) is 0. The predicted molar refractivity (Wildman–Crippen MR) is 175 cm³/mol. The number of rotatable bonds is 4. The van der Waals surface area contributed by atoms with Crippen molar-refractivity contribution in [2.75, 3.05) is 0 Å². The Labute approximate surface area is 275 Å². The molecule has 224 valence electrons. The average Bonchev–Trinajstić information content (AvgIpc) is 3.66. The minimum absolute atomic E-state index is 0. The summed E-state index contributed by atoms with van der Waals surface area (Å²) in [6.45, 7) is 10.7. The smallest absolute Gasteiger partial charge is 0.513 e. The summed E-state index contributed by atoms with van der Waals surface area (Å²) in [5, 5.41) is 8.90. The summed E-state index contributed by atoms with van der Waals surface area (Å²) >= 11 is 0. The van der Waals surface area contributed by atoms with Gasteiger partial charge in [0, 0.05) is 39.9 Å². The molecule has 0 aliphatic carbocycles. The fourth-order valence-electron chi connectivity index (χ4n) is 6.08. The van der Waals surface area contributed by atoms with Gasteiger partial charge < -0.3 is 13.7 Å². The fraction of sp³-hybridized carbons (Fsp3) is 0.158. The number of furan rings is 1. The molecule has 4 aromatic carbocycles. The van der Waals surface area contributed by atoms with Crippen LogP contribution in [0.15, 0.2) is 95.5 Å². The summed E-state index contributed by atoms with van der Waals surface area (Å²) in [6, 6.07) is 35.8. The molecule has 4 aromatic heterocycles. The van der Waals surface area contributed by atoms with Crippen LogP contribution in [0.1, 0.15) is 37.7 Å². The molecule has 0 bridgehead atoms. The van der Waals surface area contributed by atoms with Gasteiger partial charge >= 0.3 is 21.1 Å². The Bertz CT molecular complexity index is 2390. The van der Waals surface area contributed by atoms with Crippen molar-refractivity contribution in [3.05, 3.63) is 120 Å². The maximum absolute atomic E-state index is 6.56. The van der Waals surface area contributed by atoms with Crippen molar-refractivity contribution in [1.82, 2.24) is 19.3 Å². The monoisotopic (exact) mass is 769 g/mol. The molecule has 6 nitrogen and oxygen atoms in total. The number of aromatic nitrogens is 4. The number of fused-ring (bicyclic) bond motifs is 6. The second-order valence-corrected chi connectivity index (χ2v) is 12.4. The Morgan fingerprint density at radius 2 is 1.56 bits per heavy atom. The van der Waals surface area contributed by atoms with Crippen molar-refractivity contribution >= 4 is 43.7 Å². The third-order valence-electron chi connectivity index (χ3n) is 8.20. The Balaban J connectivity index is 0.00000325. The van der Waals surface area contributed by atoms with Crippen LogP contribution in [-0.2, 0) is 26.5 Å². The summed E-state index contributed by atoms with van der Waals surface area (Å²) in [5.41, 5.74) is 7.30. The minimum Gasteiger partial charge on any atom is -0.513 e. The first-order chi connectivity index (χ1) is 21.2. The predicted octanol–water partition coefficient (Wildman–Crippen LogP) is 9.57.